The van der Waals surface area contributed by atoms with Gasteiger partial charge in [-0.25, -0.2) is 0 Å². The van der Waals surface area contributed by atoms with E-state index >= 15 is 0 Å². The third-order valence-electron chi connectivity index (χ3n) is 1.98. The van der Waals surface area contributed by atoms with Crippen LogP contribution in [0.2, 0.25) is 0 Å². The lowest BCUT2D eigenvalue weighted by atomic mass is 10.2. The van der Waals surface area contributed by atoms with Crippen LogP contribution in [0.5, 0.6) is 0 Å². The minimum Gasteiger partial charge on any atom is -0.324 e. The number of amides is 1. The zero-order chi connectivity index (χ0) is 11.6. The topological polar surface area (TPSA) is 29.1 Å². The standard InChI is InChI=1S/C11H13Br2NO/c1-7-5-4-6-8(9(7)12)14-10(15)11(2,3)13/h4-6H,1-3H3,(H,14,15). The summed E-state index contributed by atoms with van der Waals surface area (Å²) in [7, 11) is 0. The molecule has 0 aliphatic rings. The molecule has 1 aromatic carbocycles. The average Bonchev–Trinajstić information content (AvgIpc) is 2.11. The predicted octanol–water partition coefficient (Wildman–Crippen LogP) is 3.87. The van der Waals surface area contributed by atoms with E-state index in [-0.39, 0.29) is 5.91 Å². The van der Waals surface area contributed by atoms with Crippen molar-refractivity contribution in [2.75, 3.05) is 5.32 Å². The number of aryl methyl sites for hydroxylation is 1. The third-order valence-corrected chi connectivity index (χ3v) is 3.39. The van der Waals surface area contributed by atoms with Crippen LogP contribution < -0.4 is 5.32 Å². The van der Waals surface area contributed by atoms with E-state index in [1.165, 1.54) is 0 Å². The van der Waals surface area contributed by atoms with Gasteiger partial charge in [0, 0.05) is 4.47 Å². The van der Waals surface area contributed by atoms with Crippen LogP contribution in [-0.2, 0) is 4.79 Å². The van der Waals surface area contributed by atoms with Crippen molar-refractivity contribution in [2.45, 2.75) is 25.1 Å². The molecular weight excluding hydrogens is 322 g/mol. The predicted molar refractivity (Wildman–Crippen MR) is 70.5 cm³/mol. The molecule has 1 rings (SSSR count). The second-order valence-electron chi connectivity index (χ2n) is 3.86. The van der Waals surface area contributed by atoms with Crippen molar-refractivity contribution in [1.82, 2.24) is 0 Å². The van der Waals surface area contributed by atoms with Crippen molar-refractivity contribution in [3.63, 3.8) is 0 Å². The highest BCUT2D eigenvalue weighted by Crippen LogP contribution is 2.27. The summed E-state index contributed by atoms with van der Waals surface area (Å²) in [6.45, 7) is 5.61. The number of carbonyl (C=O) groups excluding carboxylic acids is 1. The number of alkyl halides is 1. The number of carbonyl (C=O) groups is 1. The highest BCUT2D eigenvalue weighted by Gasteiger charge is 2.24. The Morgan fingerprint density at radius 2 is 2.00 bits per heavy atom. The SMILES string of the molecule is Cc1cccc(NC(=O)C(C)(C)Br)c1Br. The van der Waals surface area contributed by atoms with E-state index in [2.05, 4.69) is 37.2 Å². The van der Waals surface area contributed by atoms with Crippen LogP contribution in [0.25, 0.3) is 0 Å². The molecule has 0 atom stereocenters. The summed E-state index contributed by atoms with van der Waals surface area (Å²) < 4.78 is 0.367. The smallest absolute Gasteiger partial charge is 0.240 e. The molecule has 0 heterocycles. The third kappa shape index (κ3) is 3.31. The molecule has 2 nitrogen and oxygen atoms in total. The van der Waals surface area contributed by atoms with Gasteiger partial charge in [0.15, 0.2) is 0 Å². The first-order valence-corrected chi connectivity index (χ1v) is 6.16. The number of anilines is 1. The van der Waals surface area contributed by atoms with Gasteiger partial charge in [-0.1, -0.05) is 28.1 Å². The Labute approximate surface area is 107 Å². The fourth-order valence-electron chi connectivity index (χ4n) is 1.01. The average molecular weight is 335 g/mol. The van der Waals surface area contributed by atoms with Gasteiger partial charge in [0.25, 0.3) is 0 Å². The molecule has 0 unspecified atom stereocenters. The lowest BCUT2D eigenvalue weighted by Gasteiger charge is -2.17. The monoisotopic (exact) mass is 333 g/mol. The molecule has 0 spiro atoms. The second kappa shape index (κ2) is 4.66. The first kappa shape index (κ1) is 12.7. The first-order chi connectivity index (χ1) is 6.82. The summed E-state index contributed by atoms with van der Waals surface area (Å²) in [5, 5.41) is 2.86. The van der Waals surface area contributed by atoms with Crippen LogP contribution in [0.1, 0.15) is 19.4 Å². The Kier molecular flexibility index (Phi) is 3.95. The van der Waals surface area contributed by atoms with Crippen molar-refractivity contribution >= 4 is 43.5 Å². The summed E-state index contributed by atoms with van der Waals surface area (Å²) in [5.74, 6) is -0.0613. The number of rotatable bonds is 2. The maximum Gasteiger partial charge on any atom is 0.240 e. The summed E-state index contributed by atoms with van der Waals surface area (Å²) >= 11 is 6.76. The highest BCUT2D eigenvalue weighted by molar-refractivity contribution is 9.10. The quantitative estimate of drug-likeness (QED) is 0.817. The number of benzene rings is 1. The van der Waals surface area contributed by atoms with Crippen LogP contribution in [0.3, 0.4) is 0 Å². The van der Waals surface area contributed by atoms with E-state index in [1.807, 2.05) is 39.0 Å². The fraction of sp³-hybridized carbons (Fsp3) is 0.364. The van der Waals surface area contributed by atoms with E-state index in [9.17, 15) is 4.79 Å². The van der Waals surface area contributed by atoms with Crippen LogP contribution in [0.4, 0.5) is 5.69 Å². The summed E-state index contributed by atoms with van der Waals surface area (Å²) in [5.41, 5.74) is 1.90. The van der Waals surface area contributed by atoms with Crippen molar-refractivity contribution in [3.8, 4) is 0 Å². The minimum absolute atomic E-state index is 0.0613. The number of nitrogens with one attached hydrogen (secondary N) is 1. The molecule has 4 heteroatoms. The van der Waals surface area contributed by atoms with E-state index in [4.69, 9.17) is 0 Å². The Balaban J connectivity index is 2.91. The van der Waals surface area contributed by atoms with Gasteiger partial charge >= 0.3 is 0 Å². The zero-order valence-corrected chi connectivity index (χ0v) is 12.1. The van der Waals surface area contributed by atoms with Crippen molar-refractivity contribution < 1.29 is 4.79 Å². The molecular formula is C11H13Br2NO. The molecule has 0 aliphatic carbocycles. The molecule has 1 N–H and O–H groups in total. The lowest BCUT2D eigenvalue weighted by molar-refractivity contribution is -0.117. The summed E-state index contributed by atoms with van der Waals surface area (Å²) in [6, 6.07) is 5.77. The second-order valence-corrected chi connectivity index (χ2v) is 6.64. The lowest BCUT2D eigenvalue weighted by Crippen LogP contribution is -2.31. The normalized spacial score (nSPS) is 11.3. The zero-order valence-electron chi connectivity index (χ0n) is 8.90. The molecule has 82 valence electrons. The Morgan fingerprint density at radius 1 is 1.40 bits per heavy atom. The van der Waals surface area contributed by atoms with Gasteiger partial charge in [0.05, 0.1) is 10.0 Å². The molecule has 15 heavy (non-hydrogen) atoms. The highest BCUT2D eigenvalue weighted by atomic mass is 79.9. The van der Waals surface area contributed by atoms with Crippen molar-refractivity contribution in [1.29, 1.82) is 0 Å². The van der Waals surface area contributed by atoms with Gasteiger partial charge in [-0.2, -0.15) is 0 Å². The number of hydrogen-bond acceptors (Lipinski definition) is 1. The van der Waals surface area contributed by atoms with E-state index < -0.39 is 4.32 Å². The maximum atomic E-state index is 11.7. The Hall–Kier alpha value is -0.350. The van der Waals surface area contributed by atoms with Gasteiger partial charge in [-0.05, 0) is 48.3 Å². The molecule has 1 amide bonds. The maximum absolute atomic E-state index is 11.7. The van der Waals surface area contributed by atoms with Crippen molar-refractivity contribution in [3.05, 3.63) is 28.2 Å². The Bertz CT molecular complexity index is 383. The number of halogens is 2. The van der Waals surface area contributed by atoms with Gasteiger partial charge < -0.3 is 5.32 Å². The van der Waals surface area contributed by atoms with Gasteiger partial charge in [-0.15, -0.1) is 0 Å². The molecule has 0 aromatic heterocycles. The van der Waals surface area contributed by atoms with E-state index in [1.54, 1.807) is 0 Å². The molecule has 0 aliphatic heterocycles. The van der Waals surface area contributed by atoms with E-state index in [0.29, 0.717) is 0 Å². The molecule has 0 bridgehead atoms. The molecule has 0 radical (unpaired) electrons. The molecule has 0 saturated carbocycles. The van der Waals surface area contributed by atoms with Gasteiger partial charge in [0.1, 0.15) is 0 Å². The molecule has 0 fully saturated rings. The summed E-state index contributed by atoms with van der Waals surface area (Å²) in [4.78, 5) is 11.7. The van der Waals surface area contributed by atoms with Crippen LogP contribution in [0, 0.1) is 6.92 Å². The first-order valence-electron chi connectivity index (χ1n) is 4.58. The molecule has 0 saturated heterocycles. The van der Waals surface area contributed by atoms with Crippen LogP contribution >= 0.6 is 31.9 Å². The van der Waals surface area contributed by atoms with Gasteiger partial charge in [-0.3, -0.25) is 4.79 Å². The Morgan fingerprint density at radius 3 is 2.53 bits per heavy atom. The van der Waals surface area contributed by atoms with E-state index in [0.717, 1.165) is 15.7 Å². The largest absolute Gasteiger partial charge is 0.324 e. The minimum atomic E-state index is -0.559. The van der Waals surface area contributed by atoms with Crippen LogP contribution in [-0.4, -0.2) is 10.2 Å². The van der Waals surface area contributed by atoms with Crippen molar-refractivity contribution in [2.24, 2.45) is 0 Å². The van der Waals surface area contributed by atoms with Crippen LogP contribution in [0.15, 0.2) is 22.7 Å². The number of hydrogen-bond donors (Lipinski definition) is 1. The fourth-order valence-corrected chi connectivity index (χ4v) is 1.48. The van der Waals surface area contributed by atoms with Gasteiger partial charge in [0.2, 0.25) is 5.91 Å². The molecule has 1 aromatic rings. The summed E-state index contributed by atoms with van der Waals surface area (Å²) in [6.07, 6.45) is 0.